The van der Waals surface area contributed by atoms with E-state index < -0.39 is 0 Å². The molecule has 0 saturated heterocycles. The Hall–Kier alpha value is -0.860. The number of benzene rings is 1. The summed E-state index contributed by atoms with van der Waals surface area (Å²) in [5.74, 6) is 0.560. The van der Waals surface area contributed by atoms with Gasteiger partial charge in [0.25, 0.3) is 0 Å². The standard InChI is InChI=1S/C16H27NO/c1-14(15-8-6-5-7-9-15)12-17-13-16(2,3)10-11-18-4/h5-9,14,17H,10-13H2,1-4H3. The second kappa shape index (κ2) is 7.55. The zero-order chi connectivity index (χ0) is 13.4. The van der Waals surface area contributed by atoms with Crippen molar-refractivity contribution in [1.29, 1.82) is 0 Å². The average molecular weight is 249 g/mol. The molecule has 18 heavy (non-hydrogen) atoms. The van der Waals surface area contributed by atoms with Crippen LogP contribution in [0.2, 0.25) is 0 Å². The van der Waals surface area contributed by atoms with Crippen molar-refractivity contribution in [2.75, 3.05) is 26.8 Å². The summed E-state index contributed by atoms with van der Waals surface area (Å²) < 4.78 is 5.15. The third kappa shape index (κ3) is 5.65. The first-order valence-corrected chi connectivity index (χ1v) is 6.80. The minimum Gasteiger partial charge on any atom is -0.385 e. The van der Waals surface area contributed by atoms with Gasteiger partial charge in [-0.05, 0) is 23.3 Å². The Bertz CT molecular complexity index is 321. The van der Waals surface area contributed by atoms with E-state index in [4.69, 9.17) is 4.74 Å². The summed E-state index contributed by atoms with van der Waals surface area (Å²) in [6.45, 7) is 9.74. The lowest BCUT2D eigenvalue weighted by Gasteiger charge is -2.25. The van der Waals surface area contributed by atoms with E-state index in [0.717, 1.165) is 26.1 Å². The van der Waals surface area contributed by atoms with Gasteiger partial charge >= 0.3 is 0 Å². The molecule has 1 aromatic carbocycles. The van der Waals surface area contributed by atoms with Crippen molar-refractivity contribution in [1.82, 2.24) is 5.32 Å². The van der Waals surface area contributed by atoms with Gasteiger partial charge in [-0.1, -0.05) is 51.1 Å². The van der Waals surface area contributed by atoms with Crippen LogP contribution in [0.3, 0.4) is 0 Å². The van der Waals surface area contributed by atoms with Gasteiger partial charge in [0.1, 0.15) is 0 Å². The third-order valence-electron chi connectivity index (χ3n) is 3.41. The summed E-state index contributed by atoms with van der Waals surface area (Å²) in [7, 11) is 1.76. The number of nitrogens with one attached hydrogen (secondary N) is 1. The molecule has 0 radical (unpaired) electrons. The fourth-order valence-corrected chi connectivity index (χ4v) is 1.99. The number of ether oxygens (including phenoxy) is 1. The molecule has 1 atom stereocenters. The topological polar surface area (TPSA) is 21.3 Å². The van der Waals surface area contributed by atoms with Gasteiger partial charge in [-0.25, -0.2) is 0 Å². The molecule has 0 amide bonds. The van der Waals surface area contributed by atoms with Gasteiger partial charge in [0.05, 0.1) is 0 Å². The highest BCUT2D eigenvalue weighted by Gasteiger charge is 2.17. The smallest absolute Gasteiger partial charge is 0.0467 e. The first kappa shape index (κ1) is 15.2. The van der Waals surface area contributed by atoms with Crippen molar-refractivity contribution in [2.45, 2.75) is 33.1 Å². The van der Waals surface area contributed by atoms with Gasteiger partial charge in [0, 0.05) is 26.8 Å². The monoisotopic (exact) mass is 249 g/mol. The highest BCUT2D eigenvalue weighted by molar-refractivity contribution is 5.18. The van der Waals surface area contributed by atoms with Gasteiger partial charge in [-0.2, -0.15) is 0 Å². The van der Waals surface area contributed by atoms with Crippen molar-refractivity contribution in [3.05, 3.63) is 35.9 Å². The molecule has 1 aromatic rings. The second-order valence-corrected chi connectivity index (χ2v) is 5.85. The largest absolute Gasteiger partial charge is 0.385 e. The average Bonchev–Trinajstić information content (AvgIpc) is 2.37. The number of methoxy groups -OCH3 is 1. The number of hydrogen-bond donors (Lipinski definition) is 1. The van der Waals surface area contributed by atoms with Crippen LogP contribution < -0.4 is 5.32 Å². The maximum atomic E-state index is 5.15. The van der Waals surface area contributed by atoms with E-state index in [1.54, 1.807) is 7.11 Å². The molecule has 1 rings (SSSR count). The summed E-state index contributed by atoms with van der Waals surface area (Å²) in [4.78, 5) is 0. The molecule has 0 heterocycles. The van der Waals surface area contributed by atoms with Crippen LogP contribution in [0.5, 0.6) is 0 Å². The fraction of sp³-hybridized carbons (Fsp3) is 0.625. The zero-order valence-electron chi connectivity index (χ0n) is 12.2. The normalized spacial score (nSPS) is 13.6. The molecule has 0 aliphatic rings. The van der Waals surface area contributed by atoms with Crippen molar-refractivity contribution in [3.8, 4) is 0 Å². The molecule has 0 saturated carbocycles. The Morgan fingerprint density at radius 1 is 1.22 bits per heavy atom. The minimum atomic E-state index is 0.298. The molecule has 2 heteroatoms. The van der Waals surface area contributed by atoms with Crippen LogP contribution in [0.1, 0.15) is 38.7 Å². The summed E-state index contributed by atoms with van der Waals surface area (Å²) in [5.41, 5.74) is 1.70. The molecule has 2 nitrogen and oxygen atoms in total. The molecule has 1 unspecified atom stereocenters. The third-order valence-corrected chi connectivity index (χ3v) is 3.41. The Balaban J connectivity index is 2.29. The van der Waals surface area contributed by atoms with Gasteiger partial charge in [-0.15, -0.1) is 0 Å². The van der Waals surface area contributed by atoms with Gasteiger partial charge in [0.2, 0.25) is 0 Å². The predicted octanol–water partition coefficient (Wildman–Crippen LogP) is 3.44. The Morgan fingerprint density at radius 3 is 2.50 bits per heavy atom. The lowest BCUT2D eigenvalue weighted by Crippen LogP contribution is -2.32. The van der Waals surface area contributed by atoms with Crippen molar-refractivity contribution < 1.29 is 4.74 Å². The fourth-order valence-electron chi connectivity index (χ4n) is 1.99. The first-order chi connectivity index (χ1) is 8.55. The Morgan fingerprint density at radius 2 is 1.89 bits per heavy atom. The van der Waals surface area contributed by atoms with Crippen LogP contribution in [-0.2, 0) is 4.74 Å². The minimum absolute atomic E-state index is 0.298. The van der Waals surface area contributed by atoms with Crippen LogP contribution in [-0.4, -0.2) is 26.8 Å². The molecule has 0 aliphatic carbocycles. The molecule has 0 bridgehead atoms. The lowest BCUT2D eigenvalue weighted by molar-refractivity contribution is 0.150. The van der Waals surface area contributed by atoms with Gasteiger partial charge in [-0.3, -0.25) is 0 Å². The second-order valence-electron chi connectivity index (χ2n) is 5.85. The van der Waals surface area contributed by atoms with Crippen molar-refractivity contribution in [2.24, 2.45) is 5.41 Å². The summed E-state index contributed by atoms with van der Waals surface area (Å²) in [6.07, 6.45) is 1.09. The van der Waals surface area contributed by atoms with Gasteiger partial charge in [0.15, 0.2) is 0 Å². The lowest BCUT2D eigenvalue weighted by atomic mass is 9.89. The van der Waals surface area contributed by atoms with Crippen LogP contribution in [0, 0.1) is 5.41 Å². The molecule has 1 N–H and O–H groups in total. The van der Waals surface area contributed by atoms with E-state index in [9.17, 15) is 0 Å². The quantitative estimate of drug-likeness (QED) is 0.762. The Kier molecular flexibility index (Phi) is 6.37. The maximum Gasteiger partial charge on any atom is 0.0467 e. The summed E-state index contributed by atoms with van der Waals surface area (Å²) >= 11 is 0. The van der Waals surface area contributed by atoms with Crippen molar-refractivity contribution in [3.63, 3.8) is 0 Å². The molecule has 0 spiro atoms. The molecule has 0 aliphatic heterocycles. The molecular formula is C16H27NO. The summed E-state index contributed by atoms with van der Waals surface area (Å²) in [5, 5.41) is 3.58. The first-order valence-electron chi connectivity index (χ1n) is 6.80. The highest BCUT2D eigenvalue weighted by Crippen LogP contribution is 2.19. The number of rotatable bonds is 8. The van der Waals surface area contributed by atoms with E-state index in [1.807, 2.05) is 0 Å². The Labute approximate surface area is 112 Å². The van der Waals surface area contributed by atoms with Crippen LogP contribution in [0.15, 0.2) is 30.3 Å². The predicted molar refractivity (Wildman–Crippen MR) is 78.0 cm³/mol. The maximum absolute atomic E-state index is 5.15. The van der Waals surface area contributed by atoms with E-state index in [0.29, 0.717) is 11.3 Å². The molecule has 0 aromatic heterocycles. The highest BCUT2D eigenvalue weighted by atomic mass is 16.5. The van der Waals surface area contributed by atoms with Crippen LogP contribution in [0.4, 0.5) is 0 Å². The SMILES string of the molecule is COCCC(C)(C)CNCC(C)c1ccccc1. The molecular weight excluding hydrogens is 222 g/mol. The molecule has 0 fully saturated rings. The number of hydrogen-bond acceptors (Lipinski definition) is 2. The van der Waals surface area contributed by atoms with E-state index >= 15 is 0 Å². The molecule has 102 valence electrons. The van der Waals surface area contributed by atoms with Crippen LogP contribution >= 0.6 is 0 Å². The van der Waals surface area contributed by atoms with Gasteiger partial charge < -0.3 is 10.1 Å². The van der Waals surface area contributed by atoms with Crippen LogP contribution in [0.25, 0.3) is 0 Å². The van der Waals surface area contributed by atoms with Crippen molar-refractivity contribution >= 4 is 0 Å². The van der Waals surface area contributed by atoms with E-state index in [2.05, 4.69) is 56.4 Å². The summed E-state index contributed by atoms with van der Waals surface area (Å²) in [6, 6.07) is 10.7. The van der Waals surface area contributed by atoms with E-state index in [-0.39, 0.29) is 0 Å². The van der Waals surface area contributed by atoms with E-state index in [1.165, 1.54) is 5.56 Å². The zero-order valence-corrected chi connectivity index (χ0v) is 12.2.